The Morgan fingerprint density at radius 2 is 1.82 bits per heavy atom. The quantitative estimate of drug-likeness (QED) is 0.295. The molecule has 0 unspecified atom stereocenters. The number of rotatable bonds is 11. The van der Waals surface area contributed by atoms with E-state index >= 15 is 0 Å². The lowest BCUT2D eigenvalue weighted by molar-refractivity contribution is -0.145. The summed E-state index contributed by atoms with van der Waals surface area (Å²) in [6.45, 7) is 9.50. The van der Waals surface area contributed by atoms with Crippen LogP contribution >= 0.6 is 0 Å². The smallest absolute Gasteiger partial charge is 0.393 e. The first kappa shape index (κ1) is 33.2. The molecule has 0 bridgehead atoms. The maximum atomic E-state index is 13.4. The van der Waals surface area contributed by atoms with Crippen molar-refractivity contribution in [3.05, 3.63) is 47.7 Å². The maximum absolute atomic E-state index is 13.4. The second-order valence-corrected chi connectivity index (χ2v) is 12.8. The Labute approximate surface area is 255 Å². The molecule has 0 aliphatic carbocycles. The molecule has 2 aliphatic heterocycles. The minimum atomic E-state index is -4.29. The Kier molecular flexibility index (Phi) is 9.35. The van der Waals surface area contributed by atoms with Gasteiger partial charge in [-0.2, -0.15) is 13.2 Å². The van der Waals surface area contributed by atoms with Crippen molar-refractivity contribution >= 4 is 23.8 Å². The molecule has 1 amide bonds. The van der Waals surface area contributed by atoms with Gasteiger partial charge in [-0.05, 0) is 57.0 Å². The van der Waals surface area contributed by atoms with Crippen LogP contribution in [0.2, 0.25) is 0 Å². The summed E-state index contributed by atoms with van der Waals surface area (Å²) in [6.07, 6.45) is -4.55. The number of pyridine rings is 1. The van der Waals surface area contributed by atoms with Crippen molar-refractivity contribution in [1.82, 2.24) is 9.88 Å². The molecule has 0 spiro atoms. The number of alkyl halides is 3. The lowest BCUT2D eigenvalue weighted by Gasteiger charge is -2.40. The van der Waals surface area contributed by atoms with Crippen molar-refractivity contribution in [3.63, 3.8) is 0 Å². The molecule has 44 heavy (non-hydrogen) atoms. The summed E-state index contributed by atoms with van der Waals surface area (Å²) < 4.78 is 49.8. The summed E-state index contributed by atoms with van der Waals surface area (Å²) in [7, 11) is 1.52. The molecule has 12 heteroatoms. The van der Waals surface area contributed by atoms with Crippen LogP contribution < -0.4 is 14.4 Å². The number of carbonyl (C=O) groups is 3. The van der Waals surface area contributed by atoms with Crippen molar-refractivity contribution in [1.29, 1.82) is 0 Å². The summed E-state index contributed by atoms with van der Waals surface area (Å²) in [5.41, 5.74) is -1.10. The van der Waals surface area contributed by atoms with Crippen LogP contribution in [0.3, 0.4) is 0 Å². The number of hydrogen-bond acceptors (Lipinski definition) is 8. The Bertz CT molecular complexity index is 1370. The van der Waals surface area contributed by atoms with E-state index in [2.05, 4.69) is 4.98 Å². The summed E-state index contributed by atoms with van der Waals surface area (Å²) >= 11 is 0. The van der Waals surface area contributed by atoms with Crippen molar-refractivity contribution in [2.75, 3.05) is 38.2 Å². The second kappa shape index (κ2) is 12.4. The van der Waals surface area contributed by atoms with Crippen molar-refractivity contribution in [2.24, 2.45) is 16.7 Å². The Morgan fingerprint density at radius 3 is 2.36 bits per heavy atom. The Balaban J connectivity index is 1.48. The molecule has 2 aliphatic rings. The van der Waals surface area contributed by atoms with Crippen molar-refractivity contribution < 1.29 is 42.1 Å². The van der Waals surface area contributed by atoms with E-state index in [1.807, 2.05) is 24.0 Å². The third kappa shape index (κ3) is 6.85. The molecule has 4 atom stereocenters. The molecule has 4 rings (SSSR count). The first-order valence-electron chi connectivity index (χ1n) is 14.6. The zero-order valence-corrected chi connectivity index (χ0v) is 25.9. The lowest BCUT2D eigenvalue weighted by atomic mass is 9.72. The van der Waals surface area contributed by atoms with E-state index in [1.165, 1.54) is 40.1 Å². The number of methoxy groups -OCH3 is 1. The Hall–Kier alpha value is -3.67. The van der Waals surface area contributed by atoms with Crippen LogP contribution in [-0.2, 0) is 20.8 Å². The van der Waals surface area contributed by atoms with Gasteiger partial charge >= 0.3 is 6.18 Å². The van der Waals surface area contributed by atoms with Gasteiger partial charge in [0, 0.05) is 30.6 Å². The number of aliphatic hydroxyl groups excluding tert-OH is 1. The van der Waals surface area contributed by atoms with Crippen LogP contribution in [0.25, 0.3) is 0 Å². The van der Waals surface area contributed by atoms with E-state index in [4.69, 9.17) is 9.47 Å². The first-order valence-corrected chi connectivity index (χ1v) is 14.6. The highest BCUT2D eigenvalue weighted by molar-refractivity contribution is 6.09. The van der Waals surface area contributed by atoms with Gasteiger partial charge in [0.1, 0.15) is 18.2 Å². The fraction of sp³-hybridized carbons (Fsp3) is 0.562. The number of aliphatic hydroxyl groups is 1. The lowest BCUT2D eigenvalue weighted by Crippen LogP contribution is -2.54. The monoisotopic (exact) mass is 619 g/mol. The van der Waals surface area contributed by atoms with E-state index in [0.717, 1.165) is 5.56 Å². The molecule has 0 radical (unpaired) electrons. The molecular formula is C32H40F3N3O6. The number of aromatic nitrogens is 1. The van der Waals surface area contributed by atoms with Gasteiger partial charge in [-0.1, -0.05) is 19.1 Å². The molecule has 9 nitrogen and oxygen atoms in total. The number of anilines is 1. The number of ketones is 1. The summed E-state index contributed by atoms with van der Waals surface area (Å²) in [6, 6.07) is 8.47. The van der Waals surface area contributed by atoms with Crippen LogP contribution in [0, 0.1) is 16.7 Å². The van der Waals surface area contributed by atoms with Gasteiger partial charge in [-0.25, -0.2) is 4.98 Å². The molecule has 2 aromatic rings. The number of halogens is 3. The molecule has 3 heterocycles. The topological polar surface area (TPSA) is 109 Å². The Morgan fingerprint density at radius 1 is 1.14 bits per heavy atom. The number of likely N-dealkylation sites (tertiary alicyclic amines) is 1. The number of hydrogen-bond donors (Lipinski definition) is 1. The predicted octanol–water partition coefficient (Wildman–Crippen LogP) is 4.21. The van der Waals surface area contributed by atoms with Gasteiger partial charge in [0.25, 0.3) is 0 Å². The van der Waals surface area contributed by atoms with Gasteiger partial charge < -0.3 is 29.2 Å². The van der Waals surface area contributed by atoms with Gasteiger partial charge in [0.05, 0.1) is 44.1 Å². The molecule has 1 aromatic heterocycles. The zero-order valence-electron chi connectivity index (χ0n) is 25.9. The van der Waals surface area contributed by atoms with Gasteiger partial charge in [-0.15, -0.1) is 0 Å². The third-order valence-electron chi connectivity index (χ3n) is 8.96. The minimum absolute atomic E-state index is 0.0957. The van der Waals surface area contributed by atoms with Crippen LogP contribution in [0.4, 0.5) is 19.0 Å². The minimum Gasteiger partial charge on any atom is -0.493 e. The molecule has 1 aromatic carbocycles. The normalized spacial score (nSPS) is 22.3. The molecular weight excluding hydrogens is 579 g/mol. The number of benzene rings is 1. The maximum Gasteiger partial charge on any atom is 0.393 e. The fourth-order valence-electron chi connectivity index (χ4n) is 5.92. The van der Waals surface area contributed by atoms with Crippen LogP contribution in [0.1, 0.15) is 51.7 Å². The SMILES string of the molecule is COc1ccc([C@@H]2CN(C(=O)[C@@H](C)C(=O)C(C)(C)C=O)C[C@@]2(C)[C@@H](C)O)cc1OC1CN(c2ccc(CC(F)(F)F)cn2)C1. The molecule has 2 saturated heterocycles. The van der Waals surface area contributed by atoms with Crippen molar-refractivity contribution in [3.8, 4) is 11.5 Å². The van der Waals surface area contributed by atoms with E-state index in [0.29, 0.717) is 36.7 Å². The number of Topliss-reactive ketones (excluding diaryl/α,β-unsaturated/α-hetero) is 1. The second-order valence-electron chi connectivity index (χ2n) is 12.8. The zero-order chi connectivity index (χ0) is 32.6. The van der Waals surface area contributed by atoms with E-state index in [9.17, 15) is 32.7 Å². The van der Waals surface area contributed by atoms with E-state index in [1.54, 1.807) is 24.0 Å². The number of carbonyl (C=O) groups excluding carboxylic acids is 3. The predicted molar refractivity (Wildman–Crippen MR) is 157 cm³/mol. The van der Waals surface area contributed by atoms with Crippen molar-refractivity contribution in [2.45, 2.75) is 65.3 Å². The highest BCUT2D eigenvalue weighted by atomic mass is 19.4. The molecule has 2 fully saturated rings. The van der Waals surface area contributed by atoms with Gasteiger partial charge in [0.2, 0.25) is 5.91 Å². The molecule has 1 N–H and O–H groups in total. The first-order chi connectivity index (χ1) is 20.5. The summed E-state index contributed by atoms with van der Waals surface area (Å²) in [4.78, 5) is 45.4. The fourth-order valence-corrected chi connectivity index (χ4v) is 5.92. The number of ether oxygens (including phenoxy) is 2. The van der Waals surface area contributed by atoms with Crippen LogP contribution in [0.15, 0.2) is 36.5 Å². The molecule has 240 valence electrons. The number of amides is 1. The van der Waals surface area contributed by atoms with Gasteiger partial charge in [-0.3, -0.25) is 9.59 Å². The average Bonchev–Trinajstić information content (AvgIpc) is 3.31. The van der Waals surface area contributed by atoms with Gasteiger partial charge in [0.15, 0.2) is 17.3 Å². The van der Waals surface area contributed by atoms with E-state index in [-0.39, 0.29) is 36.6 Å². The largest absolute Gasteiger partial charge is 0.493 e. The summed E-state index contributed by atoms with van der Waals surface area (Å²) in [5.74, 6) is -0.610. The molecule has 0 saturated carbocycles. The van der Waals surface area contributed by atoms with Crippen LogP contribution in [0.5, 0.6) is 11.5 Å². The van der Waals surface area contributed by atoms with Crippen LogP contribution in [-0.4, -0.2) is 84.6 Å². The highest BCUT2D eigenvalue weighted by Gasteiger charge is 2.50. The number of aldehydes is 1. The average molecular weight is 620 g/mol. The number of nitrogens with zero attached hydrogens (tertiary/aromatic N) is 3. The third-order valence-corrected chi connectivity index (χ3v) is 8.96. The standard InChI is InChI=1S/C32H40F3N3O6/c1-19(28(41)30(3,4)18-39)29(42)38-16-24(31(5,17-38)20(2)40)22-8-9-25(43-6)26(11-22)44-23-14-37(15-23)27-10-7-21(13-36-27)12-32(33,34)35/h7-11,13,18-20,23-24,40H,12,14-17H2,1-6H3/t19-,20+,24-,31-/m0/s1. The van der Waals surface area contributed by atoms with E-state index < -0.39 is 41.2 Å². The highest BCUT2D eigenvalue weighted by Crippen LogP contribution is 2.47. The summed E-state index contributed by atoms with van der Waals surface area (Å²) in [5, 5.41) is 10.9.